The van der Waals surface area contributed by atoms with Crippen molar-refractivity contribution in [3.05, 3.63) is 24.3 Å². The van der Waals surface area contributed by atoms with Crippen LogP contribution in [0.5, 0.6) is 0 Å². The molecule has 112 valence electrons. The van der Waals surface area contributed by atoms with Gasteiger partial charge in [0.05, 0.1) is 4.90 Å². The summed E-state index contributed by atoms with van der Waals surface area (Å²) in [4.78, 5) is 0.330. The molecule has 2 unspecified atom stereocenters. The van der Waals surface area contributed by atoms with Gasteiger partial charge < -0.3 is 5.32 Å². The summed E-state index contributed by atoms with van der Waals surface area (Å²) < 4.78 is 26.5. The van der Waals surface area contributed by atoms with Crippen molar-refractivity contribution in [1.29, 1.82) is 0 Å². The van der Waals surface area contributed by atoms with Gasteiger partial charge in [0.2, 0.25) is 10.0 Å². The number of hydrogen-bond acceptors (Lipinski definition) is 3. The van der Waals surface area contributed by atoms with Crippen LogP contribution < -0.4 is 10.0 Å². The van der Waals surface area contributed by atoms with Crippen LogP contribution in [0.3, 0.4) is 0 Å². The van der Waals surface area contributed by atoms with Crippen LogP contribution in [0.2, 0.25) is 0 Å². The number of benzene rings is 1. The fourth-order valence-electron chi connectivity index (χ4n) is 2.62. The summed E-state index contributed by atoms with van der Waals surface area (Å²) in [7, 11) is -3.35. The summed E-state index contributed by atoms with van der Waals surface area (Å²) in [5.41, 5.74) is 0.998. The molecule has 1 fully saturated rings. The van der Waals surface area contributed by atoms with E-state index in [2.05, 4.69) is 17.0 Å². The first-order valence-corrected chi connectivity index (χ1v) is 8.87. The van der Waals surface area contributed by atoms with Gasteiger partial charge in [0.15, 0.2) is 0 Å². The van der Waals surface area contributed by atoms with Crippen molar-refractivity contribution in [2.75, 3.05) is 11.9 Å². The smallest absolute Gasteiger partial charge is 0.240 e. The van der Waals surface area contributed by atoms with Gasteiger partial charge in [-0.15, -0.1) is 0 Å². The Hall–Kier alpha value is -1.07. The molecule has 20 heavy (non-hydrogen) atoms. The summed E-state index contributed by atoms with van der Waals surface area (Å²) in [5.74, 6) is 0.685. The normalized spacial score (nSPS) is 22.9. The van der Waals surface area contributed by atoms with Crippen molar-refractivity contribution in [3.8, 4) is 0 Å². The second-order valence-electron chi connectivity index (χ2n) is 5.58. The highest BCUT2D eigenvalue weighted by Gasteiger charge is 2.23. The first-order chi connectivity index (χ1) is 9.53. The SMILES string of the molecule is CCCNS(=O)(=O)c1ccc(NC2CCCC2C)cc1. The highest BCUT2D eigenvalue weighted by Crippen LogP contribution is 2.28. The zero-order valence-electron chi connectivity index (χ0n) is 12.2. The van der Waals surface area contributed by atoms with E-state index in [1.165, 1.54) is 19.3 Å². The van der Waals surface area contributed by atoms with E-state index in [-0.39, 0.29) is 0 Å². The molecule has 0 heterocycles. The molecule has 1 aromatic rings. The van der Waals surface area contributed by atoms with Gasteiger partial charge in [-0.2, -0.15) is 0 Å². The minimum atomic E-state index is -3.35. The molecule has 1 saturated carbocycles. The van der Waals surface area contributed by atoms with Gasteiger partial charge in [0.1, 0.15) is 0 Å². The van der Waals surface area contributed by atoms with Crippen molar-refractivity contribution in [2.45, 2.75) is 50.5 Å². The Morgan fingerprint density at radius 2 is 1.90 bits per heavy atom. The Bertz CT molecular complexity index is 525. The Kier molecular flexibility index (Phi) is 5.05. The molecule has 2 rings (SSSR count). The van der Waals surface area contributed by atoms with Gasteiger partial charge >= 0.3 is 0 Å². The van der Waals surface area contributed by atoms with E-state index in [1.54, 1.807) is 12.1 Å². The Balaban J connectivity index is 2.02. The van der Waals surface area contributed by atoms with Crippen LogP contribution in [0, 0.1) is 5.92 Å². The van der Waals surface area contributed by atoms with Crippen LogP contribution in [-0.4, -0.2) is 21.0 Å². The lowest BCUT2D eigenvalue weighted by atomic mass is 10.1. The number of anilines is 1. The maximum Gasteiger partial charge on any atom is 0.240 e. The summed E-state index contributed by atoms with van der Waals surface area (Å²) >= 11 is 0. The molecule has 2 N–H and O–H groups in total. The second kappa shape index (κ2) is 6.59. The van der Waals surface area contributed by atoms with Gasteiger partial charge in [0, 0.05) is 18.3 Å². The van der Waals surface area contributed by atoms with Crippen molar-refractivity contribution in [3.63, 3.8) is 0 Å². The standard InChI is InChI=1S/C15H24N2O2S/c1-3-11-16-20(18,19)14-9-7-13(8-10-14)17-15-6-4-5-12(15)2/h7-10,12,15-17H,3-6,11H2,1-2H3. The van der Waals surface area contributed by atoms with Crippen LogP contribution in [0.15, 0.2) is 29.2 Å². The third kappa shape index (κ3) is 3.73. The Morgan fingerprint density at radius 3 is 2.45 bits per heavy atom. The first kappa shape index (κ1) is 15.3. The molecule has 1 aromatic carbocycles. The molecule has 2 atom stereocenters. The highest BCUT2D eigenvalue weighted by molar-refractivity contribution is 7.89. The number of rotatable bonds is 6. The van der Waals surface area contributed by atoms with E-state index >= 15 is 0 Å². The fraction of sp³-hybridized carbons (Fsp3) is 0.600. The second-order valence-corrected chi connectivity index (χ2v) is 7.35. The van der Waals surface area contributed by atoms with E-state index in [4.69, 9.17) is 0 Å². The van der Waals surface area contributed by atoms with E-state index in [1.807, 2.05) is 19.1 Å². The van der Waals surface area contributed by atoms with E-state index < -0.39 is 10.0 Å². The van der Waals surface area contributed by atoms with Crippen LogP contribution in [0.25, 0.3) is 0 Å². The maximum atomic E-state index is 12.0. The van der Waals surface area contributed by atoms with Gasteiger partial charge in [-0.3, -0.25) is 0 Å². The van der Waals surface area contributed by atoms with Crippen molar-refractivity contribution in [1.82, 2.24) is 4.72 Å². The molecule has 4 nitrogen and oxygen atoms in total. The van der Waals surface area contributed by atoms with Gasteiger partial charge in [-0.1, -0.05) is 20.3 Å². The zero-order valence-corrected chi connectivity index (χ0v) is 13.0. The van der Waals surface area contributed by atoms with Crippen LogP contribution in [-0.2, 0) is 10.0 Å². The first-order valence-electron chi connectivity index (χ1n) is 7.39. The predicted octanol–water partition coefficient (Wildman–Crippen LogP) is 2.98. The number of nitrogens with one attached hydrogen (secondary N) is 2. The van der Waals surface area contributed by atoms with Crippen molar-refractivity contribution in [2.24, 2.45) is 5.92 Å². The molecule has 1 aliphatic rings. The average Bonchev–Trinajstić information content (AvgIpc) is 2.83. The maximum absolute atomic E-state index is 12.0. The Labute approximate surface area is 122 Å². The number of sulfonamides is 1. The van der Waals surface area contributed by atoms with E-state index in [0.717, 1.165) is 12.1 Å². The van der Waals surface area contributed by atoms with E-state index in [9.17, 15) is 8.42 Å². The summed E-state index contributed by atoms with van der Waals surface area (Å²) in [6.45, 7) is 4.68. The van der Waals surface area contributed by atoms with Gasteiger partial charge in [0.25, 0.3) is 0 Å². The minimum Gasteiger partial charge on any atom is -0.382 e. The Morgan fingerprint density at radius 1 is 1.20 bits per heavy atom. The molecule has 0 amide bonds. The van der Waals surface area contributed by atoms with Gasteiger partial charge in [-0.25, -0.2) is 13.1 Å². The van der Waals surface area contributed by atoms with Crippen LogP contribution >= 0.6 is 0 Å². The van der Waals surface area contributed by atoms with Crippen molar-refractivity contribution < 1.29 is 8.42 Å². The summed E-state index contributed by atoms with van der Waals surface area (Å²) in [6, 6.07) is 7.55. The molecule has 0 spiro atoms. The van der Waals surface area contributed by atoms with Gasteiger partial charge in [-0.05, 0) is 49.4 Å². The molecule has 0 bridgehead atoms. The lowest BCUT2D eigenvalue weighted by molar-refractivity contribution is 0.556. The summed E-state index contributed by atoms with van der Waals surface area (Å²) in [5, 5.41) is 3.50. The van der Waals surface area contributed by atoms with Crippen molar-refractivity contribution >= 4 is 15.7 Å². The molecule has 5 heteroatoms. The molecule has 0 saturated heterocycles. The lowest BCUT2D eigenvalue weighted by Crippen LogP contribution is -2.24. The van der Waals surface area contributed by atoms with Crippen LogP contribution in [0.4, 0.5) is 5.69 Å². The molecule has 0 aliphatic heterocycles. The molecule has 0 aromatic heterocycles. The monoisotopic (exact) mass is 296 g/mol. The largest absolute Gasteiger partial charge is 0.382 e. The topological polar surface area (TPSA) is 58.2 Å². The predicted molar refractivity (Wildman–Crippen MR) is 82.3 cm³/mol. The molecule has 1 aliphatic carbocycles. The average molecular weight is 296 g/mol. The zero-order chi connectivity index (χ0) is 14.6. The molecular weight excluding hydrogens is 272 g/mol. The molecular formula is C15H24N2O2S. The minimum absolute atomic E-state index is 0.330. The third-order valence-corrected chi connectivity index (χ3v) is 5.40. The van der Waals surface area contributed by atoms with Crippen LogP contribution in [0.1, 0.15) is 39.5 Å². The third-order valence-electron chi connectivity index (χ3n) is 3.92. The highest BCUT2D eigenvalue weighted by atomic mass is 32.2. The number of hydrogen-bond donors (Lipinski definition) is 2. The molecule has 0 radical (unpaired) electrons. The quantitative estimate of drug-likeness (QED) is 0.848. The fourth-order valence-corrected chi connectivity index (χ4v) is 3.76. The van der Waals surface area contributed by atoms with E-state index in [0.29, 0.717) is 23.4 Å². The summed E-state index contributed by atoms with van der Waals surface area (Å²) in [6.07, 6.45) is 4.52. The lowest BCUT2D eigenvalue weighted by Gasteiger charge is -2.18.